The molecule has 2 aromatic carbocycles. The molecule has 0 bridgehead atoms. The summed E-state index contributed by atoms with van der Waals surface area (Å²) in [5.41, 5.74) is 2.75. The van der Waals surface area contributed by atoms with E-state index in [4.69, 9.17) is 0 Å². The van der Waals surface area contributed by atoms with E-state index in [1.54, 1.807) is 12.3 Å². The zero-order valence-electron chi connectivity index (χ0n) is 14.1. The van der Waals surface area contributed by atoms with E-state index in [-0.39, 0.29) is 6.04 Å². The molecular weight excluding hydrogens is 314 g/mol. The molecule has 1 heterocycles. The predicted octanol–water partition coefficient (Wildman–Crippen LogP) is 3.24. The Morgan fingerprint density at radius 1 is 1.00 bits per heavy atom. The molecule has 1 aromatic heterocycles. The van der Waals surface area contributed by atoms with Gasteiger partial charge in [0.05, 0.1) is 5.69 Å². The van der Waals surface area contributed by atoms with Gasteiger partial charge in [0, 0.05) is 23.1 Å². The SMILES string of the molecule is CC(CCc1ccccc1)NC(=O)C(=O)Nc1cccc2[nH]ccc12. The average Bonchev–Trinajstić information content (AvgIpc) is 3.10. The van der Waals surface area contributed by atoms with Crippen molar-refractivity contribution in [1.29, 1.82) is 0 Å². The summed E-state index contributed by atoms with van der Waals surface area (Å²) >= 11 is 0. The smallest absolute Gasteiger partial charge is 0.313 e. The number of carbonyl (C=O) groups is 2. The molecule has 3 N–H and O–H groups in total. The van der Waals surface area contributed by atoms with Gasteiger partial charge >= 0.3 is 11.8 Å². The van der Waals surface area contributed by atoms with Crippen molar-refractivity contribution in [1.82, 2.24) is 10.3 Å². The minimum atomic E-state index is -0.653. The zero-order valence-corrected chi connectivity index (χ0v) is 14.1. The van der Waals surface area contributed by atoms with Crippen LogP contribution >= 0.6 is 0 Å². The molecule has 5 heteroatoms. The summed E-state index contributed by atoms with van der Waals surface area (Å²) in [6.45, 7) is 1.90. The van der Waals surface area contributed by atoms with E-state index < -0.39 is 11.8 Å². The van der Waals surface area contributed by atoms with Gasteiger partial charge in [-0.3, -0.25) is 9.59 Å². The van der Waals surface area contributed by atoms with E-state index in [9.17, 15) is 9.59 Å². The molecule has 1 unspecified atom stereocenters. The minimum Gasteiger partial charge on any atom is -0.361 e. The molecule has 25 heavy (non-hydrogen) atoms. The van der Waals surface area contributed by atoms with Gasteiger partial charge in [0.1, 0.15) is 0 Å². The number of rotatable bonds is 5. The van der Waals surface area contributed by atoms with Gasteiger partial charge in [-0.05, 0) is 43.5 Å². The Hall–Kier alpha value is -3.08. The molecule has 0 aliphatic carbocycles. The first-order valence-corrected chi connectivity index (χ1v) is 8.35. The van der Waals surface area contributed by atoms with Gasteiger partial charge in [0.15, 0.2) is 0 Å². The summed E-state index contributed by atoms with van der Waals surface area (Å²) < 4.78 is 0. The Bertz CT molecular complexity index is 871. The molecule has 0 spiro atoms. The lowest BCUT2D eigenvalue weighted by Gasteiger charge is -2.14. The highest BCUT2D eigenvalue weighted by Gasteiger charge is 2.17. The number of aromatic amines is 1. The van der Waals surface area contributed by atoms with Crippen LogP contribution in [0.2, 0.25) is 0 Å². The van der Waals surface area contributed by atoms with Crippen LogP contribution in [0.4, 0.5) is 5.69 Å². The minimum absolute atomic E-state index is 0.0819. The number of amides is 2. The number of H-pyrrole nitrogens is 1. The summed E-state index contributed by atoms with van der Waals surface area (Å²) in [7, 11) is 0. The summed E-state index contributed by atoms with van der Waals surface area (Å²) in [6.07, 6.45) is 3.43. The first-order chi connectivity index (χ1) is 12.1. The Kier molecular flexibility index (Phi) is 5.14. The third kappa shape index (κ3) is 4.26. The van der Waals surface area contributed by atoms with Gasteiger partial charge in [-0.1, -0.05) is 36.4 Å². The number of benzene rings is 2. The highest BCUT2D eigenvalue weighted by Crippen LogP contribution is 2.21. The Morgan fingerprint density at radius 2 is 1.80 bits per heavy atom. The van der Waals surface area contributed by atoms with E-state index >= 15 is 0 Å². The van der Waals surface area contributed by atoms with Crippen LogP contribution in [0.1, 0.15) is 18.9 Å². The monoisotopic (exact) mass is 335 g/mol. The van der Waals surface area contributed by atoms with Gasteiger partial charge in [-0.2, -0.15) is 0 Å². The molecule has 3 aromatic rings. The molecule has 0 aliphatic rings. The van der Waals surface area contributed by atoms with Crippen LogP contribution in [0.25, 0.3) is 10.9 Å². The number of fused-ring (bicyclic) bond motifs is 1. The molecule has 0 radical (unpaired) electrons. The van der Waals surface area contributed by atoms with Gasteiger partial charge in [0.2, 0.25) is 0 Å². The molecule has 0 saturated heterocycles. The fraction of sp³-hybridized carbons (Fsp3) is 0.200. The molecule has 0 aliphatic heterocycles. The number of carbonyl (C=O) groups excluding carboxylic acids is 2. The van der Waals surface area contributed by atoms with Crippen molar-refractivity contribution in [2.24, 2.45) is 0 Å². The number of hydrogen-bond donors (Lipinski definition) is 3. The van der Waals surface area contributed by atoms with Crippen LogP contribution < -0.4 is 10.6 Å². The quantitative estimate of drug-likeness (QED) is 0.626. The van der Waals surface area contributed by atoms with E-state index in [2.05, 4.69) is 27.8 Å². The Labute approximate surface area is 146 Å². The van der Waals surface area contributed by atoms with Gasteiger partial charge in [-0.25, -0.2) is 0 Å². The van der Waals surface area contributed by atoms with Gasteiger partial charge in [0.25, 0.3) is 0 Å². The van der Waals surface area contributed by atoms with Gasteiger partial charge < -0.3 is 15.6 Å². The zero-order chi connectivity index (χ0) is 17.6. The third-order valence-electron chi connectivity index (χ3n) is 4.14. The van der Waals surface area contributed by atoms with E-state index in [1.165, 1.54) is 5.56 Å². The van der Waals surface area contributed by atoms with Crippen LogP contribution in [0.5, 0.6) is 0 Å². The second kappa shape index (κ2) is 7.66. The lowest BCUT2D eigenvalue weighted by Crippen LogP contribution is -2.40. The van der Waals surface area contributed by atoms with Crippen molar-refractivity contribution in [3.8, 4) is 0 Å². The fourth-order valence-corrected chi connectivity index (χ4v) is 2.76. The van der Waals surface area contributed by atoms with Crippen LogP contribution in [0.15, 0.2) is 60.8 Å². The van der Waals surface area contributed by atoms with Crippen LogP contribution in [0, 0.1) is 0 Å². The standard InChI is InChI=1S/C20H21N3O2/c1-14(10-11-15-6-3-2-4-7-15)22-19(24)20(25)23-18-9-5-8-17-16(18)12-13-21-17/h2-9,12-14,21H,10-11H2,1H3,(H,22,24)(H,23,25). The second-order valence-corrected chi connectivity index (χ2v) is 6.10. The Morgan fingerprint density at radius 3 is 2.60 bits per heavy atom. The number of aryl methyl sites for hydroxylation is 1. The lowest BCUT2D eigenvalue weighted by molar-refractivity contribution is -0.136. The normalized spacial score (nSPS) is 11.9. The molecule has 0 fully saturated rings. The molecular formula is C20H21N3O2. The van der Waals surface area contributed by atoms with Crippen molar-refractivity contribution >= 4 is 28.4 Å². The number of aromatic nitrogens is 1. The molecule has 128 valence electrons. The van der Waals surface area contributed by atoms with Crippen molar-refractivity contribution in [2.75, 3.05) is 5.32 Å². The maximum absolute atomic E-state index is 12.2. The van der Waals surface area contributed by atoms with Crippen molar-refractivity contribution in [2.45, 2.75) is 25.8 Å². The molecule has 2 amide bonds. The van der Waals surface area contributed by atoms with E-state index in [1.807, 2.05) is 43.3 Å². The van der Waals surface area contributed by atoms with Crippen molar-refractivity contribution < 1.29 is 9.59 Å². The fourth-order valence-electron chi connectivity index (χ4n) is 2.76. The summed E-state index contributed by atoms with van der Waals surface area (Å²) in [5, 5.41) is 6.31. The highest BCUT2D eigenvalue weighted by molar-refractivity contribution is 6.40. The first kappa shape index (κ1) is 16.8. The molecule has 5 nitrogen and oxygen atoms in total. The maximum Gasteiger partial charge on any atom is 0.313 e. The number of nitrogens with one attached hydrogen (secondary N) is 3. The second-order valence-electron chi connectivity index (χ2n) is 6.10. The third-order valence-corrected chi connectivity index (χ3v) is 4.14. The van der Waals surface area contributed by atoms with E-state index in [0.717, 1.165) is 23.7 Å². The largest absolute Gasteiger partial charge is 0.361 e. The summed E-state index contributed by atoms with van der Waals surface area (Å²) in [5.74, 6) is -1.27. The lowest BCUT2D eigenvalue weighted by atomic mass is 10.1. The highest BCUT2D eigenvalue weighted by atomic mass is 16.2. The van der Waals surface area contributed by atoms with Crippen LogP contribution in [-0.2, 0) is 16.0 Å². The van der Waals surface area contributed by atoms with Crippen LogP contribution in [-0.4, -0.2) is 22.8 Å². The van der Waals surface area contributed by atoms with Crippen molar-refractivity contribution in [3.63, 3.8) is 0 Å². The topological polar surface area (TPSA) is 74.0 Å². The van der Waals surface area contributed by atoms with Gasteiger partial charge in [-0.15, -0.1) is 0 Å². The van der Waals surface area contributed by atoms with Crippen LogP contribution in [0.3, 0.4) is 0 Å². The molecule has 0 saturated carbocycles. The maximum atomic E-state index is 12.2. The summed E-state index contributed by atoms with van der Waals surface area (Å²) in [4.78, 5) is 27.3. The first-order valence-electron chi connectivity index (χ1n) is 8.35. The Balaban J connectivity index is 1.53. The molecule has 1 atom stereocenters. The average molecular weight is 335 g/mol. The molecule has 3 rings (SSSR count). The van der Waals surface area contributed by atoms with E-state index in [0.29, 0.717) is 5.69 Å². The predicted molar refractivity (Wildman–Crippen MR) is 99.3 cm³/mol. The number of hydrogen-bond acceptors (Lipinski definition) is 2. The van der Waals surface area contributed by atoms with Crippen molar-refractivity contribution in [3.05, 3.63) is 66.4 Å². The summed E-state index contributed by atoms with van der Waals surface area (Å²) in [6, 6.07) is 17.4. The number of anilines is 1.